The predicted molar refractivity (Wildman–Crippen MR) is 175 cm³/mol. The van der Waals surface area contributed by atoms with E-state index in [1.807, 2.05) is 0 Å². The largest absolute Gasteiger partial charge is 1.00 e. The summed E-state index contributed by atoms with van der Waals surface area (Å²) in [5, 5.41) is 18.2. The molecule has 0 spiro atoms. The zero-order valence-corrected chi connectivity index (χ0v) is 32.1. The van der Waals surface area contributed by atoms with Gasteiger partial charge in [0.1, 0.15) is 12.2 Å². The molecule has 44 heavy (non-hydrogen) atoms. The molecule has 0 aliphatic heterocycles. The topological polar surface area (TPSA) is 118 Å². The monoisotopic (exact) mass is 660 g/mol. The van der Waals surface area contributed by atoms with E-state index in [0.717, 1.165) is 25.7 Å². The Kier molecular flexibility index (Phi) is 39.3. The molecule has 0 aromatic carbocycles. The van der Waals surface area contributed by atoms with Crippen LogP contribution in [0.25, 0.3) is 0 Å². The molecule has 3 atom stereocenters. The maximum Gasteiger partial charge on any atom is 1.00 e. The van der Waals surface area contributed by atoms with Crippen LogP contribution in [0.3, 0.4) is 0 Å². The summed E-state index contributed by atoms with van der Waals surface area (Å²) in [6.45, 7) is 4.58. The Morgan fingerprint density at radius 3 is 1.34 bits per heavy atom. The smallest absolute Gasteiger partial charge is 0.756 e. The number of phosphoric acid groups is 1. The van der Waals surface area contributed by atoms with Gasteiger partial charge in [-0.25, -0.2) is 0 Å². The molecule has 0 aliphatic rings. The summed E-state index contributed by atoms with van der Waals surface area (Å²) in [6, 6.07) is 0. The molecule has 260 valence electrons. The number of ether oxygens (including phenoxy) is 2. The molecule has 0 rings (SSSR count). The van der Waals surface area contributed by atoms with Gasteiger partial charge >= 0.3 is 29.6 Å². The fourth-order valence-corrected chi connectivity index (χ4v) is 5.82. The van der Waals surface area contributed by atoms with Gasteiger partial charge in [-0.1, -0.05) is 155 Å². The van der Waals surface area contributed by atoms with Crippen LogP contribution < -0.4 is 34.5 Å². The van der Waals surface area contributed by atoms with Crippen molar-refractivity contribution in [2.75, 3.05) is 39.6 Å². The molecular weight excluding hydrogens is 590 g/mol. The van der Waals surface area contributed by atoms with E-state index < -0.39 is 33.2 Å². The van der Waals surface area contributed by atoms with Gasteiger partial charge in [-0.05, 0) is 12.8 Å². The predicted octanol–water partition coefficient (Wildman–Crippen LogP) is 5.65. The van der Waals surface area contributed by atoms with E-state index in [2.05, 4.69) is 18.4 Å². The van der Waals surface area contributed by atoms with Crippen LogP contribution in [0.4, 0.5) is 0 Å². The van der Waals surface area contributed by atoms with E-state index in [0.29, 0.717) is 13.2 Å². The molecule has 0 aliphatic carbocycles. The van der Waals surface area contributed by atoms with E-state index in [1.165, 1.54) is 128 Å². The molecule has 10 heteroatoms. The van der Waals surface area contributed by atoms with Crippen LogP contribution in [0.15, 0.2) is 0 Å². The van der Waals surface area contributed by atoms with Crippen molar-refractivity contribution in [1.82, 2.24) is 0 Å². The Morgan fingerprint density at radius 1 is 0.568 bits per heavy atom. The summed E-state index contributed by atoms with van der Waals surface area (Å²) in [6.07, 6.45) is 28.8. The van der Waals surface area contributed by atoms with Gasteiger partial charge in [-0.3, -0.25) is 4.57 Å². The minimum Gasteiger partial charge on any atom is -0.756 e. The summed E-state index contributed by atoms with van der Waals surface area (Å²) < 4.78 is 33.4. The van der Waals surface area contributed by atoms with Gasteiger partial charge in [0, 0.05) is 13.2 Å². The van der Waals surface area contributed by atoms with E-state index >= 15 is 0 Å². The Balaban J connectivity index is 0. The van der Waals surface area contributed by atoms with Crippen molar-refractivity contribution in [1.29, 1.82) is 0 Å². The molecular formula is C34H70NaO8P. The van der Waals surface area contributed by atoms with Crippen LogP contribution in [-0.4, -0.2) is 62.1 Å². The van der Waals surface area contributed by atoms with E-state index in [-0.39, 0.29) is 42.8 Å². The minimum atomic E-state index is -4.62. The van der Waals surface area contributed by atoms with Gasteiger partial charge in [0.15, 0.2) is 0 Å². The van der Waals surface area contributed by atoms with Gasteiger partial charge in [0.25, 0.3) is 7.82 Å². The fraction of sp³-hybridized carbons (Fsp3) is 1.00. The zero-order chi connectivity index (χ0) is 31.7. The number of hydrogen-bond acceptors (Lipinski definition) is 8. The summed E-state index contributed by atoms with van der Waals surface area (Å²) in [4.78, 5) is 12.0. The molecule has 0 fully saturated rings. The molecule has 0 aromatic rings. The second-order valence-corrected chi connectivity index (χ2v) is 13.6. The van der Waals surface area contributed by atoms with Gasteiger partial charge in [0.05, 0.1) is 26.4 Å². The van der Waals surface area contributed by atoms with Crippen molar-refractivity contribution in [3.63, 3.8) is 0 Å². The van der Waals surface area contributed by atoms with Crippen molar-refractivity contribution in [3.8, 4) is 0 Å². The Morgan fingerprint density at radius 2 is 0.932 bits per heavy atom. The molecule has 0 heterocycles. The fourth-order valence-electron chi connectivity index (χ4n) is 5.04. The average molecular weight is 661 g/mol. The molecule has 0 amide bonds. The summed E-state index contributed by atoms with van der Waals surface area (Å²) >= 11 is 0. The van der Waals surface area contributed by atoms with Crippen LogP contribution in [0.5, 0.6) is 0 Å². The normalized spacial score (nSPS) is 14.3. The molecule has 2 N–H and O–H groups in total. The molecule has 0 saturated heterocycles. The number of unbranched alkanes of at least 4 members (excludes halogenated alkanes) is 22. The maximum absolute atomic E-state index is 12.0. The molecule has 0 aromatic heterocycles. The number of aliphatic hydroxyl groups is 2. The summed E-state index contributed by atoms with van der Waals surface area (Å²) in [7, 11) is -4.62. The van der Waals surface area contributed by atoms with E-state index in [9.17, 15) is 14.6 Å². The van der Waals surface area contributed by atoms with Crippen LogP contribution in [0, 0.1) is 0 Å². The second-order valence-electron chi connectivity index (χ2n) is 12.2. The minimum absolute atomic E-state index is 0. The second kappa shape index (κ2) is 36.8. The molecule has 0 radical (unpaired) electrons. The van der Waals surface area contributed by atoms with Gasteiger partial charge in [-0.2, -0.15) is 0 Å². The summed E-state index contributed by atoms with van der Waals surface area (Å²) in [5.41, 5.74) is 0. The van der Waals surface area contributed by atoms with Crippen molar-refractivity contribution in [2.24, 2.45) is 0 Å². The van der Waals surface area contributed by atoms with Crippen molar-refractivity contribution in [3.05, 3.63) is 0 Å². The first-order valence-corrected chi connectivity index (χ1v) is 19.5. The third-order valence-corrected chi connectivity index (χ3v) is 8.78. The average Bonchev–Trinajstić information content (AvgIpc) is 3.00. The third kappa shape index (κ3) is 35.8. The van der Waals surface area contributed by atoms with Crippen molar-refractivity contribution >= 4 is 7.82 Å². The Labute approximate surface area is 294 Å². The van der Waals surface area contributed by atoms with Crippen LogP contribution in [-0.2, 0) is 23.1 Å². The van der Waals surface area contributed by atoms with E-state index in [4.69, 9.17) is 19.1 Å². The van der Waals surface area contributed by atoms with Gasteiger partial charge < -0.3 is 33.6 Å². The first-order chi connectivity index (χ1) is 20.9. The van der Waals surface area contributed by atoms with Crippen LogP contribution >= 0.6 is 7.82 Å². The first-order valence-electron chi connectivity index (χ1n) is 18.0. The number of hydrogen-bond donors (Lipinski definition) is 2. The molecule has 0 bridgehead atoms. The maximum atomic E-state index is 12.0. The van der Waals surface area contributed by atoms with Crippen LogP contribution in [0.2, 0.25) is 0 Å². The standard InChI is InChI=1S/C34H71O8P.Na/c1-3-5-7-9-11-13-15-17-19-21-23-25-27-39-31-34(32-42-43(37,38)41-30-33(36)29-35)40-28-26-24-22-20-18-16-14-12-10-8-6-4-2;/h33-36H,3-32H2,1-2H3,(H,37,38);/q;+1/p-1/t33-,34+;/m0./s1. The Hall–Kier alpha value is 0.950. The van der Waals surface area contributed by atoms with Gasteiger partial charge in [0.2, 0.25) is 0 Å². The number of rotatable bonds is 36. The first kappa shape index (κ1) is 47.1. The number of phosphoric ester groups is 1. The molecule has 0 saturated carbocycles. The van der Waals surface area contributed by atoms with E-state index in [1.54, 1.807) is 0 Å². The SMILES string of the molecule is CCCCCCCCCCCCCCOC[C@H](COP(=O)([O-])OC[C@@H](O)CO)OCCCCCCCCCCCCCC.[Na+]. The summed E-state index contributed by atoms with van der Waals surface area (Å²) in [5.74, 6) is 0. The zero-order valence-electron chi connectivity index (χ0n) is 29.2. The third-order valence-electron chi connectivity index (χ3n) is 7.85. The number of aliphatic hydroxyl groups excluding tert-OH is 2. The quantitative estimate of drug-likeness (QED) is 0.0503. The van der Waals surface area contributed by atoms with Gasteiger partial charge in [-0.15, -0.1) is 0 Å². The van der Waals surface area contributed by atoms with Crippen molar-refractivity contribution in [2.45, 2.75) is 180 Å². The van der Waals surface area contributed by atoms with Crippen LogP contribution in [0.1, 0.15) is 168 Å². The van der Waals surface area contributed by atoms with Crippen molar-refractivity contribution < 1.29 is 67.8 Å². The Bertz CT molecular complexity index is 602. The molecule has 8 nitrogen and oxygen atoms in total. The molecule has 1 unspecified atom stereocenters.